The van der Waals surface area contributed by atoms with Gasteiger partial charge in [-0.05, 0) is 57.9 Å². The molecule has 3 N–H and O–H groups in total. The Hall–Kier alpha value is -2.32. The van der Waals surface area contributed by atoms with Crippen LogP contribution in [-0.4, -0.2) is 15.8 Å². The summed E-state index contributed by atoms with van der Waals surface area (Å²) in [5, 5.41) is 8.79. The van der Waals surface area contributed by atoms with E-state index in [0.29, 0.717) is 17.2 Å². The summed E-state index contributed by atoms with van der Waals surface area (Å²) in [4.78, 5) is 10.8. The second-order valence-corrected chi connectivity index (χ2v) is 9.01. The van der Waals surface area contributed by atoms with E-state index in [0.717, 1.165) is 0 Å². The average molecular weight is 428 g/mol. The highest BCUT2D eigenvalue weighted by Crippen LogP contribution is 2.35. The summed E-state index contributed by atoms with van der Waals surface area (Å²) in [7, 11) is 0. The molecular formula is C21H25F3NO3S+. The molecule has 0 bridgehead atoms. The molecular weight excluding hydrogens is 403 g/mol. The summed E-state index contributed by atoms with van der Waals surface area (Å²) < 4.78 is 52.9. The van der Waals surface area contributed by atoms with Gasteiger partial charge in [-0.2, -0.15) is 0 Å². The zero-order chi connectivity index (χ0) is 22.5. The van der Waals surface area contributed by atoms with Crippen LogP contribution in [-0.2, 0) is 20.7 Å². The van der Waals surface area contributed by atoms with Gasteiger partial charge >= 0.3 is 17.6 Å². The van der Waals surface area contributed by atoms with E-state index in [1.54, 1.807) is 13.0 Å². The minimum absolute atomic E-state index is 0.0110. The van der Waals surface area contributed by atoms with Crippen LogP contribution < -0.4 is 5.73 Å². The van der Waals surface area contributed by atoms with E-state index >= 15 is 0 Å². The van der Waals surface area contributed by atoms with Crippen LogP contribution in [0.2, 0.25) is 0 Å². The minimum atomic E-state index is -1.36. The summed E-state index contributed by atoms with van der Waals surface area (Å²) in [6.07, 6.45) is -0.632. The molecule has 0 aromatic heterocycles. The van der Waals surface area contributed by atoms with Crippen molar-refractivity contribution < 1.29 is 27.3 Å². The number of aliphatic carboxylic acids is 1. The normalized spacial score (nSPS) is 12.0. The summed E-state index contributed by atoms with van der Waals surface area (Å²) in [5.41, 5.74) is 5.53. The van der Waals surface area contributed by atoms with Crippen molar-refractivity contribution in [2.45, 2.75) is 51.8 Å². The van der Waals surface area contributed by atoms with Crippen molar-refractivity contribution in [1.29, 1.82) is 0 Å². The van der Waals surface area contributed by atoms with Crippen molar-refractivity contribution in [3.8, 4) is 11.1 Å². The molecule has 2 rings (SSSR count). The Morgan fingerprint density at radius 3 is 2.14 bits per heavy atom. The molecule has 0 saturated heterocycles. The number of benzene rings is 2. The van der Waals surface area contributed by atoms with Gasteiger partial charge in [0.1, 0.15) is 17.5 Å². The van der Waals surface area contributed by atoms with Gasteiger partial charge in [0.15, 0.2) is 0 Å². The van der Waals surface area contributed by atoms with Crippen molar-refractivity contribution in [3.05, 3.63) is 58.4 Å². The summed E-state index contributed by atoms with van der Waals surface area (Å²) >= 11 is 0.632. The third-order valence-electron chi connectivity index (χ3n) is 3.92. The largest absolute Gasteiger partial charge is 0.481 e. The van der Waals surface area contributed by atoms with Crippen molar-refractivity contribution in [3.63, 3.8) is 0 Å². The number of aryl methyl sites for hydroxylation is 2. The summed E-state index contributed by atoms with van der Waals surface area (Å²) in [5.74, 6) is -3.86. The smallest absolute Gasteiger partial charge is 0.464 e. The van der Waals surface area contributed by atoms with Crippen LogP contribution >= 0.6 is 0 Å². The second-order valence-electron chi connectivity index (χ2n) is 7.61. The lowest BCUT2D eigenvalue weighted by Crippen LogP contribution is -2.19. The molecule has 29 heavy (non-hydrogen) atoms. The highest BCUT2D eigenvalue weighted by atomic mass is 32.1. The molecule has 0 fully saturated rings. The van der Waals surface area contributed by atoms with Crippen LogP contribution in [0.3, 0.4) is 0 Å². The lowest BCUT2D eigenvalue weighted by atomic mass is 9.92. The van der Waals surface area contributed by atoms with Gasteiger partial charge in [-0.25, -0.2) is 13.2 Å². The number of carbonyl (C=O) groups is 1. The molecule has 2 aromatic rings. The zero-order valence-electron chi connectivity index (χ0n) is 17.0. The van der Waals surface area contributed by atoms with Gasteiger partial charge < -0.3 is 10.8 Å². The zero-order valence-corrected chi connectivity index (χ0v) is 17.8. The first kappa shape index (κ1) is 24.7. The van der Waals surface area contributed by atoms with E-state index in [-0.39, 0.29) is 21.4 Å². The number of halogens is 3. The number of hydrogen-bond donors (Lipinski definition) is 2. The van der Waals surface area contributed by atoms with E-state index < -0.39 is 41.4 Å². The van der Waals surface area contributed by atoms with Crippen molar-refractivity contribution in [2.24, 2.45) is 5.73 Å². The fourth-order valence-electron chi connectivity index (χ4n) is 2.57. The van der Waals surface area contributed by atoms with E-state index in [1.165, 1.54) is 25.1 Å². The first-order valence-electron chi connectivity index (χ1n) is 8.82. The van der Waals surface area contributed by atoms with Gasteiger partial charge in [0.25, 0.3) is 0 Å². The third kappa shape index (κ3) is 6.61. The SMILES string of the molecule is CC(C)(C)[S+]=O.Cc1cc(-c2c(C)cccc2F)c(F)c([C@@H](N)CC(=O)O)c1F. The molecule has 4 nitrogen and oxygen atoms in total. The van der Waals surface area contributed by atoms with Crippen LogP contribution in [0.4, 0.5) is 13.2 Å². The molecule has 0 spiro atoms. The van der Waals surface area contributed by atoms with Crippen LogP contribution in [0.5, 0.6) is 0 Å². The Bertz CT molecular complexity index is 891. The van der Waals surface area contributed by atoms with Gasteiger partial charge in [-0.15, -0.1) is 0 Å². The van der Waals surface area contributed by atoms with Crippen molar-refractivity contribution >= 4 is 17.6 Å². The molecule has 158 valence electrons. The number of nitrogens with two attached hydrogens (primary N) is 1. The van der Waals surface area contributed by atoms with Crippen LogP contribution in [0, 0.1) is 31.3 Å². The molecule has 0 heterocycles. The molecule has 0 aliphatic carbocycles. The quantitative estimate of drug-likeness (QED) is 0.666. The van der Waals surface area contributed by atoms with Crippen LogP contribution in [0.15, 0.2) is 24.3 Å². The molecule has 0 saturated carbocycles. The predicted molar refractivity (Wildman–Crippen MR) is 108 cm³/mol. The molecule has 0 aliphatic heterocycles. The molecule has 0 unspecified atom stereocenters. The topological polar surface area (TPSA) is 80.4 Å². The minimum Gasteiger partial charge on any atom is -0.481 e. The van der Waals surface area contributed by atoms with E-state index in [1.807, 2.05) is 20.8 Å². The fraction of sp³-hybridized carbons (Fsp3) is 0.381. The highest BCUT2D eigenvalue weighted by Gasteiger charge is 2.26. The molecule has 0 aliphatic rings. The maximum Gasteiger partial charge on any atom is 0.464 e. The van der Waals surface area contributed by atoms with Crippen LogP contribution in [0.1, 0.15) is 49.9 Å². The van der Waals surface area contributed by atoms with E-state index in [4.69, 9.17) is 10.8 Å². The number of carboxylic acids is 1. The number of carboxylic acid groups (broad SMARTS) is 1. The second kappa shape index (κ2) is 9.93. The average Bonchev–Trinajstić information content (AvgIpc) is 2.58. The number of rotatable bonds is 4. The Morgan fingerprint density at radius 2 is 1.69 bits per heavy atom. The predicted octanol–water partition coefficient (Wildman–Crippen LogP) is 5.08. The van der Waals surface area contributed by atoms with E-state index in [2.05, 4.69) is 0 Å². The van der Waals surface area contributed by atoms with Gasteiger partial charge in [-0.3, -0.25) is 4.79 Å². The fourth-order valence-corrected chi connectivity index (χ4v) is 2.57. The Labute approximate surface area is 172 Å². The van der Waals surface area contributed by atoms with Crippen molar-refractivity contribution in [1.82, 2.24) is 0 Å². The molecule has 0 radical (unpaired) electrons. The lowest BCUT2D eigenvalue weighted by molar-refractivity contribution is -0.137. The van der Waals surface area contributed by atoms with Crippen LogP contribution in [0.25, 0.3) is 11.1 Å². The first-order chi connectivity index (χ1) is 13.3. The lowest BCUT2D eigenvalue weighted by Gasteiger charge is -2.18. The van der Waals surface area contributed by atoms with Gasteiger partial charge in [0.2, 0.25) is 4.75 Å². The highest BCUT2D eigenvalue weighted by molar-refractivity contribution is 7.67. The Balaban J connectivity index is 0.000000612. The third-order valence-corrected chi connectivity index (χ3v) is 4.42. The summed E-state index contributed by atoms with van der Waals surface area (Å²) in [6.45, 7) is 8.68. The molecule has 1 atom stereocenters. The Kier molecular flexibility index (Phi) is 8.47. The summed E-state index contributed by atoms with van der Waals surface area (Å²) in [6, 6.07) is 4.11. The molecule has 0 amide bonds. The standard InChI is InChI=1S/C17H16F3NO2.C4H9OS/c1-8-4-3-5-11(18)14(8)10-6-9(2)16(19)15(17(10)20)12(21)7-13(22)23;1-4(2,3)6-5/h3-6,12H,7,21H2,1-2H3,(H,22,23);1-3H3/q;+1/t12-;/m0./s1. The maximum atomic E-state index is 14.8. The van der Waals surface area contributed by atoms with Crippen molar-refractivity contribution in [2.75, 3.05) is 0 Å². The Morgan fingerprint density at radius 1 is 1.14 bits per heavy atom. The molecule has 8 heteroatoms. The monoisotopic (exact) mass is 428 g/mol. The molecule has 2 aromatic carbocycles. The van der Waals surface area contributed by atoms with Gasteiger partial charge in [-0.1, -0.05) is 12.1 Å². The van der Waals surface area contributed by atoms with Gasteiger partial charge in [0, 0.05) is 26.9 Å². The van der Waals surface area contributed by atoms with E-state index in [9.17, 15) is 22.2 Å². The first-order valence-corrected chi connectivity index (χ1v) is 9.56. The number of hydrogen-bond acceptors (Lipinski definition) is 3. The maximum absolute atomic E-state index is 14.8. The van der Waals surface area contributed by atoms with Gasteiger partial charge in [0.05, 0.1) is 6.42 Å².